The maximum Gasteiger partial charge on any atom is 0.248 e. The molecule has 2 fully saturated rings. The van der Waals surface area contributed by atoms with Crippen molar-refractivity contribution in [3.63, 3.8) is 0 Å². The Hall–Kier alpha value is -1.10. The first-order valence-electron chi connectivity index (χ1n) is 8.20. The number of hydrogen-bond acceptors (Lipinski definition) is 3. The van der Waals surface area contributed by atoms with Gasteiger partial charge in [-0.25, -0.2) is 0 Å². The summed E-state index contributed by atoms with van der Waals surface area (Å²) in [7, 11) is 0. The number of hydrogen-bond donors (Lipinski definition) is 1. The molecule has 0 spiro atoms. The molecule has 5 heteroatoms. The van der Waals surface area contributed by atoms with Crippen LogP contribution in [0.1, 0.15) is 47.0 Å². The van der Waals surface area contributed by atoms with E-state index in [4.69, 9.17) is 0 Å². The zero-order chi connectivity index (χ0) is 15.6. The first kappa shape index (κ1) is 16.3. The zero-order valence-corrected chi connectivity index (χ0v) is 13.8. The lowest BCUT2D eigenvalue weighted by Gasteiger charge is -2.32. The van der Waals surface area contributed by atoms with Gasteiger partial charge in [0.25, 0.3) is 0 Å². The van der Waals surface area contributed by atoms with Gasteiger partial charge < -0.3 is 15.1 Å². The molecule has 0 aromatic carbocycles. The van der Waals surface area contributed by atoms with E-state index in [2.05, 4.69) is 24.1 Å². The molecule has 0 aromatic rings. The van der Waals surface area contributed by atoms with E-state index in [1.54, 1.807) is 0 Å². The van der Waals surface area contributed by atoms with E-state index in [1.165, 1.54) is 0 Å². The SMILES string of the molecule is CCC1(C)NC(=O)CCN(CC2CCN(C(C)C)C2)C1=O. The third kappa shape index (κ3) is 3.57. The Morgan fingerprint density at radius 2 is 2.05 bits per heavy atom. The van der Waals surface area contributed by atoms with E-state index in [1.807, 2.05) is 18.7 Å². The van der Waals surface area contributed by atoms with Gasteiger partial charge in [0, 0.05) is 32.1 Å². The van der Waals surface area contributed by atoms with Crippen LogP contribution in [0.25, 0.3) is 0 Å². The monoisotopic (exact) mass is 295 g/mol. The number of rotatable bonds is 4. The van der Waals surface area contributed by atoms with Crippen molar-refractivity contribution in [2.45, 2.75) is 58.5 Å². The molecule has 2 unspecified atom stereocenters. The van der Waals surface area contributed by atoms with Gasteiger partial charge in [-0.05, 0) is 46.1 Å². The molecule has 120 valence electrons. The van der Waals surface area contributed by atoms with Crippen LogP contribution in [-0.2, 0) is 9.59 Å². The quantitative estimate of drug-likeness (QED) is 0.849. The second kappa shape index (κ2) is 6.34. The Balaban J connectivity index is 2.02. The highest BCUT2D eigenvalue weighted by Gasteiger charge is 2.40. The molecule has 2 aliphatic rings. The van der Waals surface area contributed by atoms with Crippen molar-refractivity contribution in [2.24, 2.45) is 5.92 Å². The highest BCUT2D eigenvalue weighted by atomic mass is 16.2. The summed E-state index contributed by atoms with van der Waals surface area (Å²) in [6.07, 6.45) is 2.20. The Morgan fingerprint density at radius 3 is 2.62 bits per heavy atom. The normalized spacial score (nSPS) is 31.7. The molecule has 21 heavy (non-hydrogen) atoms. The number of nitrogens with zero attached hydrogens (tertiary/aromatic N) is 2. The Kier molecular flexibility index (Phi) is 4.91. The van der Waals surface area contributed by atoms with Crippen molar-refractivity contribution in [3.05, 3.63) is 0 Å². The van der Waals surface area contributed by atoms with Gasteiger partial charge in [-0.2, -0.15) is 0 Å². The summed E-state index contributed by atoms with van der Waals surface area (Å²) in [4.78, 5) is 29.0. The Bertz CT molecular complexity index is 410. The summed E-state index contributed by atoms with van der Waals surface area (Å²) in [6.45, 7) is 11.8. The number of carbonyl (C=O) groups is 2. The van der Waals surface area contributed by atoms with Crippen molar-refractivity contribution >= 4 is 11.8 Å². The summed E-state index contributed by atoms with van der Waals surface area (Å²) in [5, 5.41) is 2.90. The molecule has 2 atom stereocenters. The minimum Gasteiger partial charge on any atom is -0.342 e. The lowest BCUT2D eigenvalue weighted by Crippen LogP contribution is -2.55. The van der Waals surface area contributed by atoms with E-state index in [-0.39, 0.29) is 11.8 Å². The molecular weight excluding hydrogens is 266 g/mol. The molecule has 2 aliphatic heterocycles. The first-order chi connectivity index (χ1) is 9.85. The van der Waals surface area contributed by atoms with E-state index >= 15 is 0 Å². The van der Waals surface area contributed by atoms with Crippen molar-refractivity contribution in [1.82, 2.24) is 15.1 Å². The number of nitrogens with one attached hydrogen (secondary N) is 1. The molecule has 1 N–H and O–H groups in total. The van der Waals surface area contributed by atoms with Crippen LogP contribution in [0.3, 0.4) is 0 Å². The average Bonchev–Trinajstić information content (AvgIpc) is 2.87. The predicted molar refractivity (Wildman–Crippen MR) is 82.9 cm³/mol. The maximum absolute atomic E-state index is 12.7. The van der Waals surface area contributed by atoms with Crippen molar-refractivity contribution in [3.8, 4) is 0 Å². The van der Waals surface area contributed by atoms with Crippen LogP contribution >= 0.6 is 0 Å². The molecule has 2 saturated heterocycles. The predicted octanol–water partition coefficient (Wildman–Crippen LogP) is 1.23. The highest BCUT2D eigenvalue weighted by molar-refractivity contribution is 5.93. The van der Waals surface area contributed by atoms with E-state index in [9.17, 15) is 9.59 Å². The van der Waals surface area contributed by atoms with E-state index in [0.717, 1.165) is 26.1 Å². The molecule has 0 bridgehead atoms. The van der Waals surface area contributed by atoms with Gasteiger partial charge in [-0.3, -0.25) is 9.59 Å². The molecule has 2 amide bonds. The molecule has 0 aliphatic carbocycles. The summed E-state index contributed by atoms with van der Waals surface area (Å²) in [5.74, 6) is 0.606. The van der Waals surface area contributed by atoms with Gasteiger partial charge in [0.15, 0.2) is 0 Å². The average molecular weight is 295 g/mol. The summed E-state index contributed by atoms with van der Waals surface area (Å²) in [6, 6.07) is 0.569. The van der Waals surface area contributed by atoms with Crippen molar-refractivity contribution < 1.29 is 9.59 Å². The van der Waals surface area contributed by atoms with Crippen molar-refractivity contribution in [1.29, 1.82) is 0 Å². The topological polar surface area (TPSA) is 52.7 Å². The van der Waals surface area contributed by atoms with Gasteiger partial charge in [-0.1, -0.05) is 6.92 Å². The van der Waals surface area contributed by atoms with Crippen LogP contribution in [0.5, 0.6) is 0 Å². The molecule has 0 radical (unpaired) electrons. The van der Waals surface area contributed by atoms with Crippen LogP contribution in [0.2, 0.25) is 0 Å². The minimum atomic E-state index is -0.732. The largest absolute Gasteiger partial charge is 0.342 e. The van der Waals surface area contributed by atoms with Crippen molar-refractivity contribution in [2.75, 3.05) is 26.2 Å². The zero-order valence-electron chi connectivity index (χ0n) is 13.8. The summed E-state index contributed by atoms with van der Waals surface area (Å²) >= 11 is 0. The molecule has 0 aromatic heterocycles. The molecule has 2 rings (SSSR count). The third-order valence-corrected chi connectivity index (χ3v) is 5.02. The second-order valence-electron chi connectivity index (χ2n) is 6.98. The Labute approximate surface area is 128 Å². The van der Waals surface area contributed by atoms with Gasteiger partial charge in [0.1, 0.15) is 5.54 Å². The van der Waals surface area contributed by atoms with Crippen LogP contribution in [0.15, 0.2) is 0 Å². The fourth-order valence-electron chi connectivity index (χ4n) is 3.32. The highest BCUT2D eigenvalue weighted by Crippen LogP contribution is 2.23. The minimum absolute atomic E-state index is 0.00886. The number of carbonyl (C=O) groups excluding carboxylic acids is 2. The number of amides is 2. The standard InChI is InChI=1S/C16H29N3O2/c1-5-16(4)15(21)19(9-7-14(20)17-16)11-13-6-8-18(10-13)12(2)3/h12-13H,5-11H2,1-4H3,(H,17,20). The lowest BCUT2D eigenvalue weighted by atomic mass is 9.96. The van der Waals surface area contributed by atoms with Gasteiger partial charge in [-0.15, -0.1) is 0 Å². The van der Waals surface area contributed by atoms with Gasteiger partial charge in [0.2, 0.25) is 11.8 Å². The Morgan fingerprint density at radius 1 is 1.33 bits per heavy atom. The first-order valence-corrected chi connectivity index (χ1v) is 8.20. The second-order valence-corrected chi connectivity index (χ2v) is 6.98. The van der Waals surface area contributed by atoms with E-state index < -0.39 is 5.54 Å². The van der Waals surface area contributed by atoms with E-state index in [0.29, 0.717) is 31.3 Å². The molecule has 5 nitrogen and oxygen atoms in total. The molecular formula is C16H29N3O2. The molecule has 2 heterocycles. The molecule has 0 saturated carbocycles. The van der Waals surface area contributed by atoms with Crippen LogP contribution in [-0.4, -0.2) is 59.4 Å². The van der Waals surface area contributed by atoms with Gasteiger partial charge >= 0.3 is 0 Å². The van der Waals surface area contributed by atoms with Crippen LogP contribution < -0.4 is 5.32 Å². The number of likely N-dealkylation sites (tertiary alicyclic amines) is 1. The smallest absolute Gasteiger partial charge is 0.248 e. The van der Waals surface area contributed by atoms with Crippen LogP contribution in [0, 0.1) is 5.92 Å². The fourth-order valence-corrected chi connectivity index (χ4v) is 3.32. The lowest BCUT2D eigenvalue weighted by molar-refractivity contribution is -0.138. The van der Waals surface area contributed by atoms with Gasteiger partial charge in [0.05, 0.1) is 0 Å². The summed E-state index contributed by atoms with van der Waals surface area (Å²) in [5.41, 5.74) is -0.732. The maximum atomic E-state index is 12.7. The fraction of sp³-hybridized carbons (Fsp3) is 0.875. The summed E-state index contributed by atoms with van der Waals surface area (Å²) < 4.78 is 0. The third-order valence-electron chi connectivity index (χ3n) is 5.02. The van der Waals surface area contributed by atoms with Crippen LogP contribution in [0.4, 0.5) is 0 Å².